The van der Waals surface area contributed by atoms with Gasteiger partial charge in [0.25, 0.3) is 0 Å². The first-order valence-corrected chi connectivity index (χ1v) is 5.51. The summed E-state index contributed by atoms with van der Waals surface area (Å²) in [4.78, 5) is 4.19. The van der Waals surface area contributed by atoms with Gasteiger partial charge in [-0.1, -0.05) is 12.1 Å². The lowest BCUT2D eigenvalue weighted by molar-refractivity contribution is 0.0384. The summed E-state index contributed by atoms with van der Waals surface area (Å²) < 4.78 is 21.0. The van der Waals surface area contributed by atoms with Crippen LogP contribution in [-0.2, 0) is 11.3 Å². The summed E-state index contributed by atoms with van der Waals surface area (Å²) in [6.45, 7) is 3.01. The molecule has 17 heavy (non-hydrogen) atoms. The molecule has 1 aliphatic heterocycles. The van der Waals surface area contributed by atoms with Gasteiger partial charge in [0.2, 0.25) is 0 Å². The second kappa shape index (κ2) is 3.92. The molecule has 1 unspecified atom stereocenters. The highest BCUT2D eigenvalue weighted by molar-refractivity contribution is 5.32. The molecule has 4 nitrogen and oxygen atoms in total. The maximum atomic E-state index is 13.5. The van der Waals surface area contributed by atoms with E-state index < -0.39 is 0 Å². The zero-order chi connectivity index (χ0) is 11.8. The predicted octanol–water partition coefficient (Wildman–Crippen LogP) is 1.85. The van der Waals surface area contributed by atoms with Gasteiger partial charge in [-0.2, -0.15) is 5.10 Å². The third-order valence-electron chi connectivity index (χ3n) is 3.06. The molecular weight excluding hydrogens is 221 g/mol. The third kappa shape index (κ3) is 1.63. The molecule has 0 amide bonds. The highest BCUT2D eigenvalue weighted by Gasteiger charge is 2.26. The van der Waals surface area contributed by atoms with Crippen molar-refractivity contribution in [3.8, 4) is 0 Å². The fourth-order valence-electron chi connectivity index (χ4n) is 2.12. The van der Waals surface area contributed by atoms with Gasteiger partial charge in [0, 0.05) is 0 Å². The van der Waals surface area contributed by atoms with E-state index in [1.807, 2.05) is 6.07 Å². The number of hydrogen-bond acceptors (Lipinski definition) is 3. The Balaban J connectivity index is 2.10. The van der Waals surface area contributed by atoms with E-state index in [0.29, 0.717) is 18.7 Å². The van der Waals surface area contributed by atoms with Crippen molar-refractivity contribution in [1.82, 2.24) is 14.8 Å². The lowest BCUT2D eigenvalue weighted by Gasteiger charge is -2.24. The molecule has 1 atom stereocenters. The summed E-state index contributed by atoms with van der Waals surface area (Å²) in [6, 6.07) is 5.01. The number of halogens is 1. The van der Waals surface area contributed by atoms with Crippen LogP contribution in [0.25, 0.3) is 0 Å². The lowest BCUT2D eigenvalue weighted by atomic mass is 10.0. The smallest absolute Gasteiger partial charge is 0.160 e. The molecule has 0 saturated carbocycles. The first kappa shape index (κ1) is 10.4. The standard InChI is InChI=1S/C12H12FN3O/c1-8-9(3-2-4-10(8)13)11-12-14-7-15-16(12)5-6-17-11/h2-4,7,11H,5-6H2,1H3. The Morgan fingerprint density at radius 3 is 3.24 bits per heavy atom. The lowest BCUT2D eigenvalue weighted by Crippen LogP contribution is -2.24. The normalized spacial score (nSPS) is 19.1. The highest BCUT2D eigenvalue weighted by atomic mass is 19.1. The molecule has 3 rings (SSSR count). The van der Waals surface area contributed by atoms with Gasteiger partial charge in [0.05, 0.1) is 13.2 Å². The summed E-state index contributed by atoms with van der Waals surface area (Å²) in [5, 5.41) is 4.12. The average molecular weight is 233 g/mol. The van der Waals surface area contributed by atoms with Gasteiger partial charge in [-0.15, -0.1) is 0 Å². The van der Waals surface area contributed by atoms with Crippen molar-refractivity contribution in [3.05, 3.63) is 47.3 Å². The zero-order valence-corrected chi connectivity index (χ0v) is 9.43. The Morgan fingerprint density at radius 1 is 1.47 bits per heavy atom. The van der Waals surface area contributed by atoms with Crippen molar-refractivity contribution in [2.45, 2.75) is 19.6 Å². The Bertz CT molecular complexity index is 552. The maximum Gasteiger partial charge on any atom is 0.160 e. The zero-order valence-electron chi connectivity index (χ0n) is 9.43. The molecule has 1 aliphatic rings. The number of ether oxygens (including phenoxy) is 1. The third-order valence-corrected chi connectivity index (χ3v) is 3.06. The fraction of sp³-hybridized carbons (Fsp3) is 0.333. The van der Waals surface area contributed by atoms with Crippen LogP contribution in [0.1, 0.15) is 23.1 Å². The van der Waals surface area contributed by atoms with E-state index in [9.17, 15) is 4.39 Å². The fourth-order valence-corrected chi connectivity index (χ4v) is 2.12. The Kier molecular flexibility index (Phi) is 2.40. The molecule has 2 aromatic rings. The minimum atomic E-state index is -0.318. The van der Waals surface area contributed by atoms with Crippen LogP contribution in [0.2, 0.25) is 0 Å². The van der Waals surface area contributed by atoms with Gasteiger partial charge in [0.15, 0.2) is 5.82 Å². The predicted molar refractivity (Wildman–Crippen MR) is 59.0 cm³/mol. The first-order valence-electron chi connectivity index (χ1n) is 5.51. The van der Waals surface area contributed by atoms with Crippen LogP contribution in [-0.4, -0.2) is 21.4 Å². The number of fused-ring (bicyclic) bond motifs is 1. The summed E-state index contributed by atoms with van der Waals surface area (Å²) in [6.07, 6.45) is 1.19. The van der Waals surface area contributed by atoms with E-state index in [4.69, 9.17) is 4.74 Å². The molecule has 1 aromatic carbocycles. The first-order chi connectivity index (χ1) is 8.27. The molecule has 0 saturated heterocycles. The maximum absolute atomic E-state index is 13.5. The van der Waals surface area contributed by atoms with Crippen LogP contribution in [0.5, 0.6) is 0 Å². The van der Waals surface area contributed by atoms with Crippen molar-refractivity contribution in [3.63, 3.8) is 0 Å². The van der Waals surface area contributed by atoms with Gasteiger partial charge >= 0.3 is 0 Å². The molecular formula is C12H12FN3O. The molecule has 2 heterocycles. The molecule has 0 N–H and O–H groups in total. The monoisotopic (exact) mass is 233 g/mol. The molecule has 0 fully saturated rings. The van der Waals surface area contributed by atoms with Crippen LogP contribution in [0.3, 0.4) is 0 Å². The average Bonchev–Trinajstić information content (AvgIpc) is 2.81. The molecule has 1 aromatic heterocycles. The Morgan fingerprint density at radius 2 is 2.35 bits per heavy atom. The quantitative estimate of drug-likeness (QED) is 0.754. The molecule has 88 valence electrons. The van der Waals surface area contributed by atoms with E-state index >= 15 is 0 Å². The van der Waals surface area contributed by atoms with Crippen LogP contribution in [0.15, 0.2) is 24.5 Å². The summed E-state index contributed by atoms with van der Waals surface area (Å²) >= 11 is 0. The highest BCUT2D eigenvalue weighted by Crippen LogP contribution is 2.30. The van der Waals surface area contributed by atoms with Crippen molar-refractivity contribution >= 4 is 0 Å². The van der Waals surface area contributed by atoms with Crippen molar-refractivity contribution in [1.29, 1.82) is 0 Å². The number of rotatable bonds is 1. The second-order valence-corrected chi connectivity index (χ2v) is 4.05. The van der Waals surface area contributed by atoms with E-state index in [2.05, 4.69) is 10.1 Å². The number of benzene rings is 1. The number of aromatic nitrogens is 3. The minimum Gasteiger partial charge on any atom is -0.364 e. The van der Waals surface area contributed by atoms with E-state index in [-0.39, 0.29) is 11.9 Å². The van der Waals surface area contributed by atoms with Crippen LogP contribution >= 0.6 is 0 Å². The van der Waals surface area contributed by atoms with Gasteiger partial charge in [-0.05, 0) is 24.1 Å². The van der Waals surface area contributed by atoms with Crippen molar-refractivity contribution < 1.29 is 9.13 Å². The topological polar surface area (TPSA) is 39.9 Å². The Labute approximate surface area is 98.0 Å². The molecule has 0 bridgehead atoms. The second-order valence-electron chi connectivity index (χ2n) is 4.05. The van der Waals surface area contributed by atoms with Crippen molar-refractivity contribution in [2.75, 3.05) is 6.61 Å². The number of hydrogen-bond donors (Lipinski definition) is 0. The van der Waals surface area contributed by atoms with Crippen LogP contribution in [0, 0.1) is 12.7 Å². The molecule has 5 heteroatoms. The van der Waals surface area contributed by atoms with E-state index in [1.54, 1.807) is 17.7 Å². The molecule has 0 radical (unpaired) electrons. The van der Waals surface area contributed by atoms with Gasteiger partial charge < -0.3 is 4.74 Å². The van der Waals surface area contributed by atoms with Crippen LogP contribution in [0.4, 0.5) is 4.39 Å². The number of nitrogens with zero attached hydrogens (tertiary/aromatic N) is 3. The van der Waals surface area contributed by atoms with Gasteiger partial charge in [-0.3, -0.25) is 0 Å². The van der Waals surface area contributed by atoms with Gasteiger partial charge in [0.1, 0.15) is 18.2 Å². The molecule has 0 spiro atoms. The van der Waals surface area contributed by atoms with Gasteiger partial charge in [-0.25, -0.2) is 14.1 Å². The largest absolute Gasteiger partial charge is 0.364 e. The van der Waals surface area contributed by atoms with E-state index in [0.717, 1.165) is 11.4 Å². The molecule has 0 aliphatic carbocycles. The summed E-state index contributed by atoms with van der Waals surface area (Å²) in [5.41, 5.74) is 1.42. The minimum absolute atomic E-state index is 0.220. The summed E-state index contributed by atoms with van der Waals surface area (Å²) in [5.74, 6) is 0.521. The van der Waals surface area contributed by atoms with E-state index in [1.165, 1.54) is 12.4 Å². The SMILES string of the molecule is Cc1c(F)cccc1C1OCCn2ncnc21. The summed E-state index contributed by atoms with van der Waals surface area (Å²) in [7, 11) is 0. The van der Waals surface area contributed by atoms with Crippen molar-refractivity contribution in [2.24, 2.45) is 0 Å². The Hall–Kier alpha value is -1.75. The van der Waals surface area contributed by atoms with Crippen LogP contribution < -0.4 is 0 Å².